The minimum atomic E-state index is -1.75. The number of hydrogen-bond acceptors (Lipinski definition) is 21. The van der Waals surface area contributed by atoms with Gasteiger partial charge in [0, 0.05) is 120 Å². The van der Waals surface area contributed by atoms with Crippen LogP contribution in [0.5, 0.6) is 5.75 Å². The molecule has 5 aromatic rings. The highest BCUT2D eigenvalue weighted by molar-refractivity contribution is 8.00. The van der Waals surface area contributed by atoms with Gasteiger partial charge in [-0.05, 0) is 105 Å². The molecule has 2 aromatic heterocycles. The first-order chi connectivity index (χ1) is 62.3. The molecule has 8 rings (SSSR count). The van der Waals surface area contributed by atoms with Crippen molar-refractivity contribution < 1.29 is 91.7 Å². The van der Waals surface area contributed by atoms with Crippen LogP contribution in [0, 0.1) is 11.8 Å². The zero-order valence-electron chi connectivity index (χ0n) is 76.9. The maximum absolute atomic E-state index is 15.6. The molecule has 0 aliphatic carbocycles. The topological polar surface area (TPSA) is 554 Å². The van der Waals surface area contributed by atoms with E-state index in [9.17, 15) is 63.0 Å². The number of aromatic amines is 2. The van der Waals surface area contributed by atoms with Gasteiger partial charge in [0.1, 0.15) is 84.3 Å². The number of thioether (sulfide) groups is 1. The normalized spacial score (nSPS) is 24.7. The van der Waals surface area contributed by atoms with Crippen LogP contribution in [0.3, 0.4) is 0 Å². The number of aliphatic hydroxyl groups is 1. The van der Waals surface area contributed by atoms with Gasteiger partial charge in [0.15, 0.2) is 0 Å². The number of carbonyl (C=O) groups excluding carboxylic acids is 17. The summed E-state index contributed by atoms with van der Waals surface area (Å²) in [5, 5.41) is 49.8. The van der Waals surface area contributed by atoms with E-state index in [1.165, 1.54) is 67.0 Å². The summed E-state index contributed by atoms with van der Waals surface area (Å²) in [6, 6.07) is 1.05. The lowest BCUT2D eigenvalue weighted by atomic mass is 9.99. The number of likely N-dealkylation sites (N-methyl/N-ethyl adjacent to an activating group) is 4. The van der Waals surface area contributed by atoms with E-state index >= 15 is 28.8 Å². The molecule has 0 radical (unpaired) electrons. The zero-order chi connectivity index (χ0) is 96.2. The molecule has 131 heavy (non-hydrogen) atoms. The number of benzene rings is 3. The molecular formula is C91H132N20O19S. The molecule has 0 unspecified atom stereocenters. The molecule has 3 aliphatic rings. The van der Waals surface area contributed by atoms with Crippen LogP contribution in [-0.4, -0.2) is 314 Å². The lowest BCUT2D eigenvalue weighted by Crippen LogP contribution is -2.61. The van der Waals surface area contributed by atoms with E-state index in [-0.39, 0.29) is 94.1 Å². The third-order valence-corrected chi connectivity index (χ3v) is 24.9. The van der Waals surface area contributed by atoms with Crippen molar-refractivity contribution in [3.8, 4) is 5.75 Å². The van der Waals surface area contributed by atoms with Crippen LogP contribution < -0.4 is 64.6 Å². The van der Waals surface area contributed by atoms with Gasteiger partial charge in [0.05, 0.1) is 31.4 Å². The summed E-state index contributed by atoms with van der Waals surface area (Å²) in [6.45, 7) is 12.0. The number of unbranched alkanes of at least 4 members (excludes halogenated alkanes) is 2. The molecule has 0 saturated carbocycles. The van der Waals surface area contributed by atoms with E-state index < -0.39 is 223 Å². The van der Waals surface area contributed by atoms with E-state index in [0.717, 1.165) is 26.5 Å². The van der Waals surface area contributed by atoms with Crippen molar-refractivity contribution in [3.63, 3.8) is 0 Å². The average molecular weight is 1840 g/mol. The summed E-state index contributed by atoms with van der Waals surface area (Å²) in [4.78, 5) is 263. The Hall–Kier alpha value is -12.2. The Morgan fingerprint density at radius 2 is 1.08 bits per heavy atom. The summed E-state index contributed by atoms with van der Waals surface area (Å²) in [7, 11) is 5.61. The second-order valence-electron chi connectivity index (χ2n) is 35.0. The first kappa shape index (κ1) is 104. The second-order valence-corrected chi connectivity index (χ2v) is 36.0. The van der Waals surface area contributed by atoms with Gasteiger partial charge in [-0.15, -0.1) is 11.8 Å². The number of aliphatic hydroxyl groups excluding tert-OH is 1. The molecule has 0 spiro atoms. The van der Waals surface area contributed by atoms with Crippen molar-refractivity contribution in [1.82, 2.24) is 92.5 Å². The van der Waals surface area contributed by atoms with E-state index in [1.807, 2.05) is 39.0 Å². The van der Waals surface area contributed by atoms with Crippen LogP contribution in [0.15, 0.2) is 85.2 Å². The number of nitrogens with one attached hydrogen (secondary N) is 12. The molecule has 3 saturated heterocycles. The molecule has 39 nitrogen and oxygen atoms in total. The fraction of sp³-hybridized carbons (Fsp3) is 0.571. The Morgan fingerprint density at radius 1 is 0.557 bits per heavy atom. The summed E-state index contributed by atoms with van der Waals surface area (Å²) < 4.78 is 0. The molecule has 5 heterocycles. The number of nitrogens with two attached hydrogens (primary N) is 2. The number of phenolic OH excluding ortho intramolecular Hbond substituents is 1. The Kier molecular flexibility index (Phi) is 39.5. The number of para-hydroxylation sites is 2. The van der Waals surface area contributed by atoms with Gasteiger partial charge in [-0.3, -0.25) is 81.5 Å². The highest BCUT2D eigenvalue weighted by Crippen LogP contribution is 2.28. The third-order valence-electron chi connectivity index (χ3n) is 23.9. The van der Waals surface area contributed by atoms with Crippen molar-refractivity contribution in [2.75, 3.05) is 79.0 Å². The lowest BCUT2D eigenvalue weighted by Gasteiger charge is -2.36. The zero-order valence-corrected chi connectivity index (χ0v) is 77.7. The van der Waals surface area contributed by atoms with Gasteiger partial charge in [0.25, 0.3) is 0 Å². The van der Waals surface area contributed by atoms with Crippen LogP contribution in [0.1, 0.15) is 156 Å². The molecule has 40 heteroatoms. The number of rotatable bonds is 24. The minimum absolute atomic E-state index is 0.00450. The average Bonchev–Trinajstić information content (AvgIpc) is 1.73. The summed E-state index contributed by atoms with van der Waals surface area (Å²) in [5.74, 6) is -16.0. The predicted molar refractivity (Wildman–Crippen MR) is 490 cm³/mol. The second kappa shape index (κ2) is 49.7. The van der Waals surface area contributed by atoms with Gasteiger partial charge in [-0.2, -0.15) is 0 Å². The molecule has 3 aromatic carbocycles. The van der Waals surface area contributed by atoms with Crippen molar-refractivity contribution >= 4 is 134 Å². The number of amides is 17. The van der Waals surface area contributed by atoms with Crippen LogP contribution >= 0.6 is 11.8 Å². The monoisotopic (exact) mass is 1840 g/mol. The van der Waals surface area contributed by atoms with Gasteiger partial charge >= 0.3 is 0 Å². The number of aromatic nitrogens is 2. The Bertz CT molecular complexity index is 4870. The standard InChI is InChI=1S/C91H132N20O19S/c1-13-16-27-71-84(123)100-63(36-51(4)5)82(121)105-70(81(120)97-47-78(117)106(9)34-15-3)49-131-50-77(116)99-66(38-54-30-32-57(112)33-31-54)87(126)107(10)53(8)79(118)102-68(42-75(93)114)89(128)110-35-22-29-72(110)85(124)104-69(43-92)83(122)103-65(37-52(6)7)90(129)111-48-58(113)41-74(111)86(125)101-64(39-55-44-94-61-25-20-18-23-59(55)61)80(119)96-46-76(115)98-67(40-56-45-95-62-26-21-19-24-60(56)62)88(127)109(12)73(28-17-14-2)91(130)108(71)11/h18-21,23-26,30-33,44-45,51-53,58,63-74,94-95,112-113H,13-17,22,27-29,34-43,46-50,92H2,1-12H3,(H2,93,114)(H,96,119)(H,97,120)(H,98,115)(H,99,116)(H,100,123)(H,101,125)(H,102,118)(H,103,122)(H,104,124)(H,105,121)/t53-,58+,63-,64-,65-,66-,67-,68-,69-,70-,71-,72-,73-,74-/m0/s1. The van der Waals surface area contributed by atoms with Crippen LogP contribution in [0.4, 0.5) is 0 Å². The van der Waals surface area contributed by atoms with Crippen LogP contribution in [-0.2, 0) is 101 Å². The summed E-state index contributed by atoms with van der Waals surface area (Å²) in [6.07, 6.45) is 3.00. The Labute approximate surface area is 767 Å². The number of phenols is 1. The molecule has 716 valence electrons. The number of H-pyrrole nitrogens is 2. The van der Waals surface area contributed by atoms with E-state index in [2.05, 4.69) is 63.1 Å². The molecule has 3 aliphatic heterocycles. The van der Waals surface area contributed by atoms with Crippen molar-refractivity contribution in [2.45, 2.75) is 243 Å². The number of hydrogen-bond donors (Lipinski definition) is 16. The SMILES string of the molecule is CCCC[C@H]1C(=O)N(C)[C@@H](CCCC)C(=O)N[C@@H](CC(C)C)C(=O)N[C@H](C(=O)NCC(=O)N(C)CCC)CSCC(=O)N[C@@H](Cc2ccc(O)cc2)C(=O)N(C)[C@@H](C)C(=O)N[C@@H](CC(N)=O)C(=O)N2CCC[C@H]2C(=O)N[C@@H](CN)C(=O)N[C@@H](CC(C)C)C(=O)N2C[C@H](O)C[C@H]2C(=O)N[C@@H](Cc2c[nH]c3ccccc23)C(=O)NCC(=O)N[C@@H](Cc2c[nH]c3ccccc23)C(=O)N1C. The van der Waals surface area contributed by atoms with Gasteiger partial charge < -0.3 is 114 Å². The number of primary amides is 1. The Morgan fingerprint density at radius 3 is 1.69 bits per heavy atom. The highest BCUT2D eigenvalue weighted by atomic mass is 32.2. The smallest absolute Gasteiger partial charge is 0.246 e. The van der Waals surface area contributed by atoms with Crippen molar-refractivity contribution in [3.05, 3.63) is 102 Å². The van der Waals surface area contributed by atoms with Crippen LogP contribution in [0.2, 0.25) is 0 Å². The van der Waals surface area contributed by atoms with Crippen molar-refractivity contribution in [2.24, 2.45) is 23.3 Å². The maximum Gasteiger partial charge on any atom is 0.246 e. The Balaban J connectivity index is 1.17. The number of aromatic hydroxyl groups is 1. The molecule has 14 atom stereocenters. The van der Waals surface area contributed by atoms with Crippen molar-refractivity contribution in [1.29, 1.82) is 0 Å². The molecule has 18 N–H and O–H groups in total. The fourth-order valence-corrected chi connectivity index (χ4v) is 17.3. The summed E-state index contributed by atoms with van der Waals surface area (Å²) >= 11 is 0.840. The lowest BCUT2D eigenvalue weighted by molar-refractivity contribution is -0.149. The highest BCUT2D eigenvalue weighted by Gasteiger charge is 2.46. The number of nitrogens with zero attached hydrogens (tertiary/aromatic N) is 6. The maximum atomic E-state index is 15.6. The van der Waals surface area contributed by atoms with E-state index in [1.54, 1.807) is 77.5 Å². The molecule has 3 fully saturated rings. The quantitative estimate of drug-likeness (QED) is 0.0383. The molecule has 0 bridgehead atoms. The number of fused-ring (bicyclic) bond motifs is 4. The van der Waals surface area contributed by atoms with Gasteiger partial charge in [-0.1, -0.05) is 123 Å². The molecular weight excluding hydrogens is 1710 g/mol. The van der Waals surface area contributed by atoms with Crippen LogP contribution in [0.25, 0.3) is 21.8 Å². The third kappa shape index (κ3) is 29.1. The molecule has 17 amide bonds. The van der Waals surface area contributed by atoms with E-state index in [4.69, 9.17) is 11.5 Å². The van der Waals surface area contributed by atoms with Gasteiger partial charge in [0.2, 0.25) is 100 Å². The summed E-state index contributed by atoms with van der Waals surface area (Å²) in [5.41, 5.74) is 14.8. The van der Waals surface area contributed by atoms with Gasteiger partial charge in [-0.25, -0.2) is 0 Å². The first-order valence-electron chi connectivity index (χ1n) is 45.0. The first-order valence-corrected chi connectivity index (χ1v) is 46.2. The predicted octanol–water partition coefficient (Wildman–Crippen LogP) is -0.131. The minimum Gasteiger partial charge on any atom is -0.508 e. The number of carbonyl (C=O) groups is 17. The fourth-order valence-electron chi connectivity index (χ4n) is 16.5. The largest absolute Gasteiger partial charge is 0.508 e. The van der Waals surface area contributed by atoms with E-state index in [0.29, 0.717) is 77.1 Å².